The van der Waals surface area contributed by atoms with Gasteiger partial charge in [-0.05, 0) is 48.4 Å². The van der Waals surface area contributed by atoms with Gasteiger partial charge in [0.05, 0.1) is 67.8 Å². The van der Waals surface area contributed by atoms with Crippen LogP contribution in [0.1, 0.15) is 68.2 Å². The number of thiazole rings is 1. The summed E-state index contributed by atoms with van der Waals surface area (Å²) in [4.78, 5) is 51.2. The first-order valence-electron chi connectivity index (χ1n) is 23.1. The smallest absolute Gasteiger partial charge is 0.401 e. The summed E-state index contributed by atoms with van der Waals surface area (Å²) in [6.45, 7) is 7.72. The molecule has 70 heavy (non-hydrogen) atoms. The van der Waals surface area contributed by atoms with Crippen molar-refractivity contribution >= 4 is 40.0 Å². The topological polar surface area (TPSA) is 168 Å². The molecule has 1 saturated heterocycles. The number of nitrogens with zero attached hydrogens (tertiary/aromatic N) is 3. The number of carbonyl (C=O) groups excluding carboxylic acids is 3. The normalized spacial score (nSPS) is 19.0. The Bertz CT molecular complexity index is 2580. The van der Waals surface area contributed by atoms with E-state index in [0.29, 0.717) is 11.2 Å². The number of fused-ring (bicyclic) bond motifs is 3. The van der Waals surface area contributed by atoms with Gasteiger partial charge in [-0.25, -0.2) is 13.8 Å². The van der Waals surface area contributed by atoms with E-state index in [9.17, 15) is 32.7 Å². The lowest BCUT2D eigenvalue weighted by Crippen LogP contribution is -2.58. The second kappa shape index (κ2) is 22.7. The molecule has 0 bridgehead atoms. The van der Waals surface area contributed by atoms with E-state index in [1.165, 1.54) is 4.90 Å². The van der Waals surface area contributed by atoms with Crippen LogP contribution in [0.25, 0.3) is 21.3 Å². The number of aliphatic hydroxyl groups is 1. The molecule has 3 aromatic carbocycles. The number of aromatic nitrogens is 2. The van der Waals surface area contributed by atoms with Crippen LogP contribution in [0.2, 0.25) is 0 Å². The number of likely N-dealkylation sites (tertiary alicyclic amines) is 1. The second-order valence-corrected chi connectivity index (χ2v) is 19.5. The monoisotopic (exact) mass is 998 g/mol. The van der Waals surface area contributed by atoms with Crippen LogP contribution in [0.3, 0.4) is 0 Å². The Morgan fingerprint density at radius 3 is 2.24 bits per heavy atom. The van der Waals surface area contributed by atoms with Crippen LogP contribution < -0.4 is 15.4 Å². The fraction of sp³-hybridized carbons (Fsp3) is 0.480. The van der Waals surface area contributed by atoms with Crippen molar-refractivity contribution in [1.29, 1.82) is 0 Å². The second-order valence-electron chi connectivity index (χ2n) is 18.7. The summed E-state index contributed by atoms with van der Waals surface area (Å²) < 4.78 is 95.1. The SMILES string of the molecule is Cc1ncsc1-c1ccc(CNC(=O)[C@@H]2C[C@@H](O)CN2C(=O)[C@@H](NC(=O)COCCOCCOCCOc2cc(F)c([C@@H]3c4[nH]c5ccccc5c4C[C@@H](C)N3CC(F)(F)F)c(F)c2)C(C)(C)C)cc1. The van der Waals surface area contributed by atoms with Gasteiger partial charge in [0.1, 0.15) is 42.7 Å². The molecule has 0 radical (unpaired) electrons. The summed E-state index contributed by atoms with van der Waals surface area (Å²) >= 11 is 1.55. The minimum Gasteiger partial charge on any atom is -0.491 e. The Labute approximate surface area is 406 Å². The molecule has 1 fully saturated rings. The predicted octanol–water partition coefficient (Wildman–Crippen LogP) is 7.01. The molecule has 3 amide bonds. The molecule has 14 nitrogen and oxygen atoms in total. The number of alkyl halides is 3. The van der Waals surface area contributed by atoms with Gasteiger partial charge in [0.15, 0.2) is 0 Å². The Hall–Kier alpha value is -5.51. The minimum atomic E-state index is -4.61. The third-order valence-corrected chi connectivity index (χ3v) is 13.4. The number of aryl methyl sites for hydroxylation is 1. The van der Waals surface area contributed by atoms with Crippen LogP contribution >= 0.6 is 11.3 Å². The minimum absolute atomic E-state index is 0.0293. The molecule has 2 aromatic heterocycles. The van der Waals surface area contributed by atoms with E-state index in [0.717, 1.165) is 49.7 Å². The number of H-pyrrole nitrogens is 1. The van der Waals surface area contributed by atoms with Gasteiger partial charge in [-0.2, -0.15) is 13.2 Å². The molecule has 0 unspecified atom stereocenters. The highest BCUT2D eigenvalue weighted by molar-refractivity contribution is 7.13. The highest BCUT2D eigenvalue weighted by Crippen LogP contribution is 2.44. The number of hydrogen-bond donors (Lipinski definition) is 4. The number of rotatable bonds is 20. The number of halogens is 5. The number of ether oxygens (including phenoxy) is 4. The Balaban J connectivity index is 0.808. The lowest BCUT2D eigenvalue weighted by atomic mass is 9.85. The Morgan fingerprint density at radius 1 is 0.943 bits per heavy atom. The molecule has 4 N–H and O–H groups in total. The lowest BCUT2D eigenvalue weighted by Gasteiger charge is -2.41. The van der Waals surface area contributed by atoms with Crippen molar-refractivity contribution in [2.24, 2.45) is 5.41 Å². The van der Waals surface area contributed by atoms with E-state index in [2.05, 4.69) is 20.6 Å². The number of para-hydroxylation sites is 1. The number of aromatic amines is 1. The van der Waals surface area contributed by atoms with Crippen molar-refractivity contribution in [3.05, 3.63) is 106 Å². The summed E-state index contributed by atoms with van der Waals surface area (Å²) in [7, 11) is 0. The molecule has 0 saturated carbocycles. The molecule has 4 heterocycles. The van der Waals surface area contributed by atoms with E-state index >= 15 is 8.78 Å². The molecular formula is C50H59F5N6O8S. The van der Waals surface area contributed by atoms with Gasteiger partial charge in [-0.3, -0.25) is 19.3 Å². The fourth-order valence-electron chi connectivity index (χ4n) is 8.98. The average molecular weight is 999 g/mol. The van der Waals surface area contributed by atoms with Crippen LogP contribution in [0.15, 0.2) is 66.2 Å². The maximum atomic E-state index is 15.8. The Morgan fingerprint density at radius 2 is 1.60 bits per heavy atom. The summed E-state index contributed by atoms with van der Waals surface area (Å²) in [5.74, 6) is -3.71. The average Bonchev–Trinajstić information content (AvgIpc) is 4.02. The molecule has 7 rings (SSSR count). The van der Waals surface area contributed by atoms with Crippen molar-refractivity contribution in [3.8, 4) is 16.2 Å². The molecule has 0 spiro atoms. The first-order chi connectivity index (χ1) is 33.3. The largest absolute Gasteiger partial charge is 0.491 e. The summed E-state index contributed by atoms with van der Waals surface area (Å²) in [5, 5.41) is 17.0. The zero-order chi connectivity index (χ0) is 50.3. The van der Waals surface area contributed by atoms with E-state index in [1.807, 2.05) is 37.3 Å². The Kier molecular flexibility index (Phi) is 17.0. The van der Waals surface area contributed by atoms with Crippen molar-refractivity contribution in [2.75, 3.05) is 59.3 Å². The third-order valence-electron chi connectivity index (χ3n) is 12.4. The number of benzene rings is 3. The van der Waals surface area contributed by atoms with Gasteiger partial charge >= 0.3 is 6.18 Å². The standard InChI is InChI=1S/C50H59F5N6O8S/c1-29-20-36-35-8-6-7-9-39(35)58-43(36)44(61(29)27-50(53,54)55)42-37(51)22-34(23-38(42)52)69-19-18-67-15-14-66-16-17-68-26-41(63)59-46(49(3,4)5)48(65)60-25-33(62)21-40(60)47(64)56-24-31-10-12-32(13-11-31)45-30(2)57-28-70-45/h6-13,22-23,28-29,33,40,44,46,58,62H,14-21,24-27H2,1-5H3,(H,56,64)(H,59,63)/t29-,33-,40+,44-,46-/m1/s1. The quantitative estimate of drug-likeness (QED) is 0.0471. The third kappa shape index (κ3) is 12.9. The van der Waals surface area contributed by atoms with Crippen molar-refractivity contribution in [3.63, 3.8) is 0 Å². The van der Waals surface area contributed by atoms with Gasteiger partial charge in [0.25, 0.3) is 0 Å². The summed E-state index contributed by atoms with van der Waals surface area (Å²) in [6.07, 6.45) is -5.21. The summed E-state index contributed by atoms with van der Waals surface area (Å²) in [5.41, 5.74) is 5.05. The van der Waals surface area contributed by atoms with Crippen molar-refractivity contribution in [1.82, 2.24) is 30.4 Å². The lowest BCUT2D eigenvalue weighted by molar-refractivity contribution is -0.155. The van der Waals surface area contributed by atoms with Crippen molar-refractivity contribution in [2.45, 2.75) is 90.5 Å². The molecule has 20 heteroatoms. The van der Waals surface area contributed by atoms with Crippen LogP contribution in [-0.2, 0) is 41.6 Å². The molecule has 2 aliphatic rings. The van der Waals surface area contributed by atoms with E-state index < -0.39 is 83.3 Å². The number of amides is 3. The molecule has 5 atom stereocenters. The van der Waals surface area contributed by atoms with Crippen LogP contribution in [0.5, 0.6) is 5.75 Å². The zero-order valence-corrected chi connectivity index (χ0v) is 40.5. The highest BCUT2D eigenvalue weighted by Gasteiger charge is 2.46. The van der Waals surface area contributed by atoms with E-state index in [-0.39, 0.29) is 77.9 Å². The van der Waals surface area contributed by atoms with Gasteiger partial charge in [0, 0.05) is 59.8 Å². The van der Waals surface area contributed by atoms with E-state index in [1.54, 1.807) is 62.7 Å². The van der Waals surface area contributed by atoms with Crippen molar-refractivity contribution < 1.29 is 60.4 Å². The fourth-order valence-corrected chi connectivity index (χ4v) is 9.79. The molecule has 378 valence electrons. The van der Waals surface area contributed by atoms with Crippen LogP contribution in [-0.4, -0.2) is 132 Å². The maximum Gasteiger partial charge on any atom is 0.401 e. The summed E-state index contributed by atoms with van der Waals surface area (Å²) in [6, 6.07) is 12.9. The van der Waals surface area contributed by atoms with Gasteiger partial charge < -0.3 is 44.6 Å². The van der Waals surface area contributed by atoms with Crippen LogP contribution in [0.4, 0.5) is 22.0 Å². The van der Waals surface area contributed by atoms with Crippen LogP contribution in [0, 0.1) is 24.0 Å². The van der Waals surface area contributed by atoms with E-state index in [4.69, 9.17) is 18.9 Å². The maximum absolute atomic E-state index is 15.8. The van der Waals surface area contributed by atoms with Gasteiger partial charge in [-0.15, -0.1) is 11.3 Å². The molecule has 2 aliphatic heterocycles. The van der Waals surface area contributed by atoms with Gasteiger partial charge in [0.2, 0.25) is 17.7 Å². The number of nitrogens with one attached hydrogen (secondary N) is 3. The van der Waals surface area contributed by atoms with Gasteiger partial charge in [-0.1, -0.05) is 63.2 Å². The highest BCUT2D eigenvalue weighted by atomic mass is 32.1. The predicted molar refractivity (Wildman–Crippen MR) is 252 cm³/mol. The number of β-amino-alcohol motifs (C(OH)–C–C–N with tert-alkyl or cyclic N) is 1. The number of hydrogen-bond acceptors (Lipinski definition) is 11. The first kappa shape index (κ1) is 52.3. The number of carbonyl (C=O) groups is 3. The molecule has 5 aromatic rings. The zero-order valence-electron chi connectivity index (χ0n) is 39.7. The first-order valence-corrected chi connectivity index (χ1v) is 24.0. The number of aliphatic hydroxyl groups excluding tert-OH is 1. The molecular weight excluding hydrogens is 940 g/mol. The molecule has 0 aliphatic carbocycles.